The highest BCUT2D eigenvalue weighted by atomic mass is 32.2. The van der Waals surface area contributed by atoms with Crippen LogP contribution >= 0.6 is 0 Å². The standard InChI is InChI=1S/C27H36FN3O5S/c1-20(27(33)29-22-10-5-6-11-22)30(19-21-9-4-7-12-25(21)28)26(32)13-8-18-31(37(3,34)35)23-14-16-24(36-2)17-15-23/h4,7,9,12,14-17,20,22H,5-6,8,10-11,13,18-19H2,1-3H3,(H,29,33)/t20-/m1/s1. The summed E-state index contributed by atoms with van der Waals surface area (Å²) in [6, 6.07) is 12.1. The molecule has 2 amide bonds. The van der Waals surface area contributed by atoms with Gasteiger partial charge in [0.2, 0.25) is 21.8 Å². The molecule has 1 atom stereocenters. The smallest absolute Gasteiger partial charge is 0.242 e. The monoisotopic (exact) mass is 533 g/mol. The first-order valence-electron chi connectivity index (χ1n) is 12.5. The lowest BCUT2D eigenvalue weighted by molar-refractivity contribution is -0.141. The minimum atomic E-state index is -3.60. The Morgan fingerprint density at radius 3 is 2.35 bits per heavy atom. The second-order valence-electron chi connectivity index (χ2n) is 9.42. The molecular weight excluding hydrogens is 497 g/mol. The maximum atomic E-state index is 14.4. The lowest BCUT2D eigenvalue weighted by Crippen LogP contribution is -2.49. The molecule has 3 rings (SSSR count). The van der Waals surface area contributed by atoms with Crippen LogP contribution in [0, 0.1) is 5.82 Å². The third-order valence-corrected chi connectivity index (χ3v) is 7.87. The van der Waals surface area contributed by atoms with Gasteiger partial charge in [0.05, 0.1) is 19.1 Å². The van der Waals surface area contributed by atoms with Gasteiger partial charge < -0.3 is 15.0 Å². The Morgan fingerprint density at radius 2 is 1.76 bits per heavy atom. The molecular formula is C27H36FN3O5S. The summed E-state index contributed by atoms with van der Waals surface area (Å²) in [6.45, 7) is 1.66. The zero-order valence-corrected chi connectivity index (χ0v) is 22.5. The predicted molar refractivity (Wildman–Crippen MR) is 141 cm³/mol. The Bertz CT molecular complexity index is 1170. The molecule has 1 aliphatic rings. The number of amides is 2. The number of methoxy groups -OCH3 is 1. The number of hydrogen-bond donors (Lipinski definition) is 1. The van der Waals surface area contributed by atoms with E-state index in [1.54, 1.807) is 49.4 Å². The average Bonchev–Trinajstić information content (AvgIpc) is 3.38. The number of carbonyl (C=O) groups is 2. The van der Waals surface area contributed by atoms with Gasteiger partial charge in [-0.1, -0.05) is 31.0 Å². The van der Waals surface area contributed by atoms with Crippen LogP contribution in [0.4, 0.5) is 10.1 Å². The summed E-state index contributed by atoms with van der Waals surface area (Å²) in [5.74, 6) is -0.472. The van der Waals surface area contributed by atoms with E-state index in [-0.39, 0.29) is 43.8 Å². The normalized spacial score (nSPS) is 14.7. The maximum Gasteiger partial charge on any atom is 0.242 e. The summed E-state index contributed by atoms with van der Waals surface area (Å²) in [5.41, 5.74) is 0.774. The molecule has 10 heteroatoms. The molecule has 2 aromatic carbocycles. The maximum absolute atomic E-state index is 14.4. The van der Waals surface area contributed by atoms with E-state index in [9.17, 15) is 22.4 Å². The minimum Gasteiger partial charge on any atom is -0.497 e. The third-order valence-electron chi connectivity index (χ3n) is 6.68. The number of ether oxygens (including phenoxy) is 1. The molecule has 1 N–H and O–H groups in total. The molecule has 0 radical (unpaired) electrons. The summed E-state index contributed by atoms with van der Waals surface area (Å²) in [4.78, 5) is 27.7. The number of hydrogen-bond acceptors (Lipinski definition) is 5. The molecule has 2 aromatic rings. The predicted octanol–water partition coefficient (Wildman–Crippen LogP) is 3.86. The van der Waals surface area contributed by atoms with Crippen molar-refractivity contribution in [1.29, 1.82) is 0 Å². The van der Waals surface area contributed by atoms with Crippen LogP contribution in [0.25, 0.3) is 0 Å². The number of nitrogens with zero attached hydrogens (tertiary/aromatic N) is 2. The van der Waals surface area contributed by atoms with Gasteiger partial charge >= 0.3 is 0 Å². The van der Waals surface area contributed by atoms with Crippen molar-refractivity contribution < 1.29 is 27.1 Å². The number of nitrogens with one attached hydrogen (secondary N) is 1. The largest absolute Gasteiger partial charge is 0.497 e. The molecule has 0 spiro atoms. The lowest BCUT2D eigenvalue weighted by atomic mass is 10.1. The van der Waals surface area contributed by atoms with Crippen LogP contribution in [-0.2, 0) is 26.2 Å². The van der Waals surface area contributed by atoms with E-state index in [1.807, 2.05) is 0 Å². The second kappa shape index (κ2) is 12.9. The summed E-state index contributed by atoms with van der Waals surface area (Å²) in [5, 5.41) is 3.02. The molecule has 202 valence electrons. The van der Waals surface area contributed by atoms with Crippen LogP contribution in [0.1, 0.15) is 51.0 Å². The van der Waals surface area contributed by atoms with Gasteiger partial charge in [0.15, 0.2) is 0 Å². The van der Waals surface area contributed by atoms with Crippen LogP contribution in [0.3, 0.4) is 0 Å². The zero-order valence-electron chi connectivity index (χ0n) is 21.7. The second-order valence-corrected chi connectivity index (χ2v) is 11.3. The molecule has 0 aromatic heterocycles. The van der Waals surface area contributed by atoms with Gasteiger partial charge in [-0.25, -0.2) is 12.8 Å². The van der Waals surface area contributed by atoms with Gasteiger partial charge in [-0.2, -0.15) is 0 Å². The average molecular weight is 534 g/mol. The molecule has 1 fully saturated rings. The molecule has 0 aliphatic heterocycles. The summed E-state index contributed by atoms with van der Waals surface area (Å²) in [7, 11) is -2.07. The number of sulfonamides is 1. The Labute approximate surface area is 218 Å². The van der Waals surface area contributed by atoms with Crippen molar-refractivity contribution in [3.63, 3.8) is 0 Å². The summed E-state index contributed by atoms with van der Waals surface area (Å²) in [6.07, 6.45) is 5.27. The Hall–Kier alpha value is -3.14. The fourth-order valence-corrected chi connectivity index (χ4v) is 5.50. The fraction of sp³-hybridized carbons (Fsp3) is 0.481. The number of benzene rings is 2. The number of halogens is 1. The number of rotatable bonds is 12. The Morgan fingerprint density at radius 1 is 1.11 bits per heavy atom. The van der Waals surface area contributed by atoms with Crippen molar-refractivity contribution in [2.24, 2.45) is 0 Å². The molecule has 8 nitrogen and oxygen atoms in total. The van der Waals surface area contributed by atoms with Gasteiger partial charge in [0.25, 0.3) is 0 Å². The third kappa shape index (κ3) is 7.92. The van der Waals surface area contributed by atoms with Crippen LogP contribution in [-0.4, -0.2) is 57.1 Å². The summed E-state index contributed by atoms with van der Waals surface area (Å²) >= 11 is 0. The van der Waals surface area contributed by atoms with Crippen LogP contribution in [0.5, 0.6) is 5.75 Å². The fourth-order valence-electron chi connectivity index (χ4n) is 4.54. The van der Waals surface area contributed by atoms with E-state index in [0.29, 0.717) is 17.0 Å². The Kier molecular flexibility index (Phi) is 9.91. The molecule has 0 heterocycles. The molecule has 0 unspecified atom stereocenters. The molecule has 0 bridgehead atoms. The first-order valence-corrected chi connectivity index (χ1v) is 14.4. The van der Waals surface area contributed by atoms with E-state index in [4.69, 9.17) is 4.74 Å². The van der Waals surface area contributed by atoms with E-state index < -0.39 is 21.9 Å². The minimum absolute atomic E-state index is 0.00231. The van der Waals surface area contributed by atoms with E-state index in [1.165, 1.54) is 22.4 Å². The van der Waals surface area contributed by atoms with Crippen molar-refractivity contribution in [3.05, 3.63) is 59.9 Å². The number of carbonyl (C=O) groups excluding carboxylic acids is 2. The van der Waals surface area contributed by atoms with Crippen molar-refractivity contribution >= 4 is 27.5 Å². The van der Waals surface area contributed by atoms with Crippen molar-refractivity contribution in [2.45, 2.75) is 64.1 Å². The van der Waals surface area contributed by atoms with Crippen LogP contribution < -0.4 is 14.4 Å². The van der Waals surface area contributed by atoms with Crippen molar-refractivity contribution in [2.75, 3.05) is 24.2 Å². The van der Waals surface area contributed by atoms with Gasteiger partial charge in [0.1, 0.15) is 17.6 Å². The van der Waals surface area contributed by atoms with Gasteiger partial charge in [0, 0.05) is 31.1 Å². The molecule has 37 heavy (non-hydrogen) atoms. The highest BCUT2D eigenvalue weighted by Crippen LogP contribution is 2.23. The molecule has 1 aliphatic carbocycles. The van der Waals surface area contributed by atoms with E-state index in [2.05, 4.69) is 5.32 Å². The van der Waals surface area contributed by atoms with Crippen LogP contribution in [0.2, 0.25) is 0 Å². The van der Waals surface area contributed by atoms with Crippen molar-refractivity contribution in [1.82, 2.24) is 10.2 Å². The van der Waals surface area contributed by atoms with Gasteiger partial charge in [-0.3, -0.25) is 13.9 Å². The summed E-state index contributed by atoms with van der Waals surface area (Å²) < 4.78 is 45.7. The first-order chi connectivity index (χ1) is 17.6. The Balaban J connectivity index is 1.72. The van der Waals surface area contributed by atoms with Gasteiger partial charge in [-0.05, 0) is 56.5 Å². The quantitative estimate of drug-likeness (QED) is 0.447. The van der Waals surface area contributed by atoms with Crippen molar-refractivity contribution in [3.8, 4) is 5.75 Å². The first kappa shape index (κ1) is 28.4. The highest BCUT2D eigenvalue weighted by Gasteiger charge is 2.29. The van der Waals surface area contributed by atoms with Crippen LogP contribution in [0.15, 0.2) is 48.5 Å². The van der Waals surface area contributed by atoms with E-state index >= 15 is 0 Å². The van der Waals surface area contributed by atoms with Gasteiger partial charge in [-0.15, -0.1) is 0 Å². The molecule has 1 saturated carbocycles. The SMILES string of the molecule is COc1ccc(N(CCCC(=O)N(Cc2ccccc2F)[C@H](C)C(=O)NC2CCCC2)S(C)(=O)=O)cc1. The highest BCUT2D eigenvalue weighted by molar-refractivity contribution is 7.92. The van der Waals surface area contributed by atoms with E-state index in [0.717, 1.165) is 31.9 Å². The lowest BCUT2D eigenvalue weighted by Gasteiger charge is -2.30. The topological polar surface area (TPSA) is 96.0 Å². The number of anilines is 1. The zero-order chi connectivity index (χ0) is 27.0. The molecule has 0 saturated heterocycles.